The predicted molar refractivity (Wildman–Crippen MR) is 103 cm³/mol. The quantitative estimate of drug-likeness (QED) is 0.655. The first kappa shape index (κ1) is 18.2. The third-order valence-corrected chi connectivity index (χ3v) is 4.94. The van der Waals surface area contributed by atoms with Gasteiger partial charge in [-0.1, -0.05) is 41.6 Å². The molecule has 0 saturated carbocycles. The highest BCUT2D eigenvalue weighted by atomic mass is 32.2. The molecular formula is C20H20FN3OS. The number of carbonyl (C=O) groups excluding carboxylic acids is 1. The number of nitrogens with one attached hydrogen (secondary N) is 1. The summed E-state index contributed by atoms with van der Waals surface area (Å²) in [5, 5.41) is 3.69. The number of hydrogen-bond donors (Lipinski definition) is 1. The van der Waals surface area contributed by atoms with Gasteiger partial charge in [-0.2, -0.15) is 0 Å². The first-order valence-electron chi connectivity index (χ1n) is 8.27. The summed E-state index contributed by atoms with van der Waals surface area (Å²) in [5.74, 6) is -0.0522. The van der Waals surface area contributed by atoms with E-state index in [1.165, 1.54) is 23.9 Å². The molecule has 134 valence electrons. The smallest absolute Gasteiger partial charge is 0.234 e. The van der Waals surface area contributed by atoms with Gasteiger partial charge in [-0.15, -0.1) is 0 Å². The van der Waals surface area contributed by atoms with Gasteiger partial charge in [-0.05, 0) is 43.2 Å². The standard InChI is InChI=1S/C20H20FN3OS/c1-14-3-8-18(15(2)11-14)23-19(25)13-26-20-22-9-10-24(20)12-16-4-6-17(21)7-5-16/h3-11H,12-13H2,1-2H3,(H,23,25). The Morgan fingerprint density at radius 1 is 1.19 bits per heavy atom. The number of rotatable bonds is 6. The normalized spacial score (nSPS) is 10.7. The van der Waals surface area contributed by atoms with Crippen LogP contribution in [0.3, 0.4) is 0 Å². The SMILES string of the molecule is Cc1ccc(NC(=O)CSc2nccn2Cc2ccc(F)cc2)c(C)c1. The molecule has 26 heavy (non-hydrogen) atoms. The van der Waals surface area contributed by atoms with Crippen LogP contribution in [0.5, 0.6) is 0 Å². The Morgan fingerprint density at radius 3 is 2.69 bits per heavy atom. The fourth-order valence-electron chi connectivity index (χ4n) is 2.61. The zero-order chi connectivity index (χ0) is 18.5. The van der Waals surface area contributed by atoms with Gasteiger partial charge in [-0.3, -0.25) is 4.79 Å². The lowest BCUT2D eigenvalue weighted by molar-refractivity contribution is -0.113. The Bertz CT molecular complexity index is 906. The van der Waals surface area contributed by atoms with E-state index in [0.717, 1.165) is 27.5 Å². The lowest BCUT2D eigenvalue weighted by Crippen LogP contribution is -2.15. The summed E-state index contributed by atoms with van der Waals surface area (Å²) in [4.78, 5) is 16.6. The number of aromatic nitrogens is 2. The average Bonchev–Trinajstić information content (AvgIpc) is 3.05. The number of thioether (sulfide) groups is 1. The second-order valence-electron chi connectivity index (χ2n) is 6.12. The minimum Gasteiger partial charge on any atom is -0.325 e. The van der Waals surface area contributed by atoms with E-state index in [0.29, 0.717) is 6.54 Å². The van der Waals surface area contributed by atoms with Crippen LogP contribution in [0.25, 0.3) is 0 Å². The van der Waals surface area contributed by atoms with E-state index in [1.54, 1.807) is 18.3 Å². The first-order valence-corrected chi connectivity index (χ1v) is 9.25. The molecule has 6 heteroatoms. The van der Waals surface area contributed by atoms with Crippen LogP contribution in [0.4, 0.5) is 10.1 Å². The van der Waals surface area contributed by atoms with Crippen LogP contribution in [0.15, 0.2) is 60.0 Å². The molecule has 0 unspecified atom stereocenters. The molecule has 2 aromatic carbocycles. The van der Waals surface area contributed by atoms with Crippen LogP contribution in [0, 0.1) is 19.7 Å². The molecule has 3 aromatic rings. The molecule has 1 amide bonds. The summed E-state index contributed by atoms with van der Waals surface area (Å²) in [7, 11) is 0. The number of carbonyl (C=O) groups is 1. The number of hydrogen-bond acceptors (Lipinski definition) is 3. The highest BCUT2D eigenvalue weighted by Crippen LogP contribution is 2.20. The molecule has 1 N–H and O–H groups in total. The molecule has 0 radical (unpaired) electrons. The lowest BCUT2D eigenvalue weighted by Gasteiger charge is -2.10. The molecule has 0 saturated heterocycles. The van der Waals surface area contributed by atoms with Crippen LogP contribution in [-0.2, 0) is 11.3 Å². The minimum atomic E-state index is -0.253. The first-order chi connectivity index (χ1) is 12.5. The Labute approximate surface area is 156 Å². The maximum Gasteiger partial charge on any atom is 0.234 e. The summed E-state index contributed by atoms with van der Waals surface area (Å²) < 4.78 is 15.0. The van der Waals surface area contributed by atoms with Crippen molar-refractivity contribution in [2.24, 2.45) is 0 Å². The van der Waals surface area contributed by atoms with Gasteiger partial charge in [0.05, 0.1) is 5.75 Å². The third-order valence-electron chi connectivity index (χ3n) is 3.93. The number of halogens is 1. The summed E-state index contributed by atoms with van der Waals surface area (Å²) in [6.45, 7) is 4.59. The molecule has 0 atom stereocenters. The molecule has 0 aliphatic carbocycles. The average molecular weight is 369 g/mol. The predicted octanol–water partition coefficient (Wildman–Crippen LogP) is 4.42. The zero-order valence-corrected chi connectivity index (χ0v) is 15.5. The van der Waals surface area contributed by atoms with Crippen molar-refractivity contribution in [1.29, 1.82) is 0 Å². The molecule has 1 heterocycles. The molecule has 4 nitrogen and oxygen atoms in total. The highest BCUT2D eigenvalue weighted by molar-refractivity contribution is 7.99. The van der Waals surface area contributed by atoms with Gasteiger partial charge in [0.25, 0.3) is 0 Å². The van der Waals surface area contributed by atoms with E-state index in [1.807, 2.05) is 42.8 Å². The van der Waals surface area contributed by atoms with Crippen molar-refractivity contribution in [3.8, 4) is 0 Å². The monoisotopic (exact) mass is 369 g/mol. The number of aryl methyl sites for hydroxylation is 2. The number of nitrogens with zero attached hydrogens (tertiary/aromatic N) is 2. The van der Waals surface area contributed by atoms with Crippen LogP contribution >= 0.6 is 11.8 Å². The van der Waals surface area contributed by atoms with E-state index >= 15 is 0 Å². The molecule has 1 aromatic heterocycles. The zero-order valence-electron chi connectivity index (χ0n) is 14.7. The largest absolute Gasteiger partial charge is 0.325 e. The van der Waals surface area contributed by atoms with Crippen molar-refractivity contribution in [3.05, 3.63) is 77.4 Å². The van der Waals surface area contributed by atoms with Gasteiger partial charge in [-0.25, -0.2) is 9.37 Å². The fraction of sp³-hybridized carbons (Fsp3) is 0.200. The Balaban J connectivity index is 1.59. The van der Waals surface area contributed by atoms with Crippen molar-refractivity contribution in [2.75, 3.05) is 11.1 Å². The van der Waals surface area contributed by atoms with Crippen LogP contribution in [0.1, 0.15) is 16.7 Å². The van der Waals surface area contributed by atoms with E-state index in [4.69, 9.17) is 0 Å². The molecular weight excluding hydrogens is 349 g/mol. The molecule has 0 aliphatic rings. The van der Waals surface area contributed by atoms with Crippen LogP contribution in [0.2, 0.25) is 0 Å². The summed E-state index contributed by atoms with van der Waals surface area (Å²) in [5.41, 5.74) is 4.01. The second-order valence-corrected chi connectivity index (χ2v) is 7.06. The van der Waals surface area contributed by atoms with Crippen molar-refractivity contribution < 1.29 is 9.18 Å². The van der Waals surface area contributed by atoms with Gasteiger partial charge in [0, 0.05) is 24.6 Å². The van der Waals surface area contributed by atoms with Crippen molar-refractivity contribution in [1.82, 2.24) is 9.55 Å². The molecule has 0 spiro atoms. The number of amides is 1. The van der Waals surface area contributed by atoms with E-state index in [2.05, 4.69) is 10.3 Å². The third kappa shape index (κ3) is 4.73. The van der Waals surface area contributed by atoms with Gasteiger partial charge in [0.1, 0.15) is 5.82 Å². The van der Waals surface area contributed by atoms with Gasteiger partial charge >= 0.3 is 0 Å². The van der Waals surface area contributed by atoms with Crippen molar-refractivity contribution in [3.63, 3.8) is 0 Å². The van der Waals surface area contributed by atoms with Crippen molar-refractivity contribution in [2.45, 2.75) is 25.5 Å². The van der Waals surface area contributed by atoms with Gasteiger partial charge in [0.15, 0.2) is 5.16 Å². The fourth-order valence-corrected chi connectivity index (χ4v) is 3.37. The maximum absolute atomic E-state index is 13.0. The van der Waals surface area contributed by atoms with Crippen molar-refractivity contribution >= 4 is 23.4 Å². The van der Waals surface area contributed by atoms with Gasteiger partial charge in [0.2, 0.25) is 5.91 Å². The lowest BCUT2D eigenvalue weighted by atomic mass is 10.1. The minimum absolute atomic E-state index is 0.0710. The van der Waals surface area contributed by atoms with Gasteiger partial charge < -0.3 is 9.88 Å². The molecule has 0 bridgehead atoms. The van der Waals surface area contributed by atoms with Crippen LogP contribution < -0.4 is 5.32 Å². The topological polar surface area (TPSA) is 46.9 Å². The summed E-state index contributed by atoms with van der Waals surface area (Å²) >= 11 is 1.38. The number of imidazole rings is 1. The molecule has 3 rings (SSSR count). The summed E-state index contributed by atoms with van der Waals surface area (Å²) in [6, 6.07) is 12.3. The second kappa shape index (κ2) is 8.19. The van der Waals surface area contributed by atoms with Crippen LogP contribution in [-0.4, -0.2) is 21.2 Å². The number of anilines is 1. The van der Waals surface area contributed by atoms with E-state index < -0.39 is 0 Å². The van der Waals surface area contributed by atoms with E-state index in [-0.39, 0.29) is 17.5 Å². The maximum atomic E-state index is 13.0. The Morgan fingerprint density at radius 2 is 1.96 bits per heavy atom. The Hall–Kier alpha value is -2.60. The summed E-state index contributed by atoms with van der Waals surface area (Å²) in [6.07, 6.45) is 3.56. The number of benzene rings is 2. The Kier molecular flexibility index (Phi) is 5.73. The van der Waals surface area contributed by atoms with E-state index in [9.17, 15) is 9.18 Å². The molecule has 0 aliphatic heterocycles. The molecule has 0 fully saturated rings. The highest BCUT2D eigenvalue weighted by Gasteiger charge is 2.10.